The highest BCUT2D eigenvalue weighted by atomic mass is 15.0. The highest BCUT2D eigenvalue weighted by molar-refractivity contribution is 6.00. The maximum Gasteiger partial charge on any atom is 0.164 e. The van der Waals surface area contributed by atoms with E-state index in [1.165, 1.54) is 134 Å². The summed E-state index contributed by atoms with van der Waals surface area (Å²) < 4.78 is 0. The van der Waals surface area contributed by atoms with Gasteiger partial charge in [-0.3, -0.25) is 0 Å². The zero-order chi connectivity index (χ0) is 52.8. The van der Waals surface area contributed by atoms with E-state index in [-0.39, 0.29) is 0 Å². The largest absolute Gasteiger partial charge is 0.208 e. The van der Waals surface area contributed by atoms with Crippen LogP contribution in [-0.4, -0.2) is 15.0 Å². The van der Waals surface area contributed by atoms with Gasteiger partial charge in [0, 0.05) is 16.7 Å². The quantitative estimate of drug-likeness (QED) is 0.177. The number of hydrogen-bond donors (Lipinski definition) is 0. The van der Waals surface area contributed by atoms with Crippen molar-refractivity contribution in [2.45, 2.75) is 29.1 Å². The fourth-order valence-corrected chi connectivity index (χ4v) is 16.7. The molecule has 0 saturated heterocycles. The van der Waals surface area contributed by atoms with Gasteiger partial charge in [0.1, 0.15) is 0 Å². The summed E-state index contributed by atoms with van der Waals surface area (Å²) in [5, 5.41) is 0. The van der Waals surface area contributed by atoms with E-state index in [1.807, 2.05) is 0 Å². The van der Waals surface area contributed by atoms with Crippen LogP contribution in [0.15, 0.2) is 266 Å². The number of nitrogens with zero attached hydrogens (tertiary/aromatic N) is 3. The first-order valence-corrected chi connectivity index (χ1v) is 28.6. The lowest BCUT2D eigenvalue weighted by atomic mass is 9.69. The summed E-state index contributed by atoms with van der Waals surface area (Å²) >= 11 is 0. The Morgan fingerprint density at radius 1 is 0.247 bits per heavy atom. The van der Waals surface area contributed by atoms with Crippen LogP contribution in [0.3, 0.4) is 0 Å². The van der Waals surface area contributed by atoms with Gasteiger partial charge in [0.15, 0.2) is 17.5 Å². The van der Waals surface area contributed by atoms with Gasteiger partial charge in [0.2, 0.25) is 0 Å². The highest BCUT2D eigenvalue weighted by Gasteiger charge is 2.55. The molecule has 0 bridgehead atoms. The van der Waals surface area contributed by atoms with Gasteiger partial charge in [-0.05, 0) is 165 Å². The molecule has 19 rings (SSSR count). The molecule has 1 aromatic heterocycles. The average Bonchev–Trinajstić information content (AvgIpc) is 1.75. The van der Waals surface area contributed by atoms with Crippen LogP contribution in [0.5, 0.6) is 0 Å². The van der Waals surface area contributed by atoms with Gasteiger partial charge in [-0.15, -0.1) is 0 Å². The normalized spacial score (nSPS) is 17.2. The SMILES string of the molecule is C1=CC2=C(CC1)c1ccccc1C21c2ccccc2-c2ccc(-c3nc(-c4ccc5c(c4)C4(c6ccccc6-c6ccccc64)c4ccccc4-5)nc(-c4ccc5c(c4)C4(c6ccccc6-c6ccccc64)c4ccccc4-5)n3)cc21. The monoisotopic (exact) mass is 1030 g/mol. The maximum atomic E-state index is 5.68. The van der Waals surface area contributed by atoms with Gasteiger partial charge < -0.3 is 0 Å². The average molecular weight is 1030 g/mol. The molecular weight excluding hydrogens is 979 g/mol. The molecule has 374 valence electrons. The molecule has 1 atom stereocenters. The van der Waals surface area contributed by atoms with Crippen molar-refractivity contribution in [3.05, 3.63) is 333 Å². The Labute approximate surface area is 470 Å². The predicted molar refractivity (Wildman–Crippen MR) is 326 cm³/mol. The Bertz CT molecular complexity index is 4570. The van der Waals surface area contributed by atoms with Crippen LogP contribution in [0, 0.1) is 0 Å². The number of aromatic nitrogens is 3. The number of allylic oxidation sites excluding steroid dienone is 4. The Morgan fingerprint density at radius 3 is 0.840 bits per heavy atom. The Kier molecular flexibility index (Phi) is 8.44. The van der Waals surface area contributed by atoms with Crippen LogP contribution >= 0.6 is 0 Å². The van der Waals surface area contributed by atoms with Crippen LogP contribution in [0.2, 0.25) is 0 Å². The molecule has 0 saturated carbocycles. The zero-order valence-corrected chi connectivity index (χ0v) is 44.1. The number of benzene rings is 11. The first-order chi connectivity index (χ1) is 40.2. The summed E-state index contributed by atoms with van der Waals surface area (Å²) in [5.74, 6) is 1.93. The number of hydrogen-bond acceptors (Lipinski definition) is 3. The summed E-state index contributed by atoms with van der Waals surface area (Å²) in [7, 11) is 0. The molecule has 3 heteroatoms. The second-order valence-electron chi connectivity index (χ2n) is 23.0. The van der Waals surface area contributed by atoms with Gasteiger partial charge in [-0.25, -0.2) is 15.0 Å². The third-order valence-electron chi connectivity index (χ3n) is 19.7. The van der Waals surface area contributed by atoms with Gasteiger partial charge in [0.25, 0.3) is 0 Å². The van der Waals surface area contributed by atoms with Gasteiger partial charge >= 0.3 is 0 Å². The van der Waals surface area contributed by atoms with Crippen molar-refractivity contribution in [2.75, 3.05) is 0 Å². The van der Waals surface area contributed by atoms with E-state index in [1.54, 1.807) is 0 Å². The van der Waals surface area contributed by atoms with Crippen molar-refractivity contribution in [2.24, 2.45) is 0 Å². The molecule has 81 heavy (non-hydrogen) atoms. The minimum Gasteiger partial charge on any atom is -0.208 e. The van der Waals surface area contributed by atoms with Crippen molar-refractivity contribution in [1.82, 2.24) is 15.0 Å². The Balaban J connectivity index is 0.867. The van der Waals surface area contributed by atoms with Crippen molar-refractivity contribution >= 4 is 5.57 Å². The molecule has 0 amide bonds. The van der Waals surface area contributed by atoms with Crippen LogP contribution in [0.4, 0.5) is 0 Å². The van der Waals surface area contributed by atoms with Gasteiger partial charge in [0.05, 0.1) is 16.2 Å². The lowest BCUT2D eigenvalue weighted by Crippen LogP contribution is -2.27. The molecule has 0 radical (unpaired) electrons. The van der Waals surface area contributed by atoms with Crippen LogP contribution in [-0.2, 0) is 16.2 Å². The van der Waals surface area contributed by atoms with Crippen molar-refractivity contribution in [3.8, 4) is 89.8 Å². The van der Waals surface area contributed by atoms with Crippen LogP contribution < -0.4 is 0 Å². The zero-order valence-electron chi connectivity index (χ0n) is 44.1. The lowest BCUT2D eigenvalue weighted by Gasteiger charge is -2.32. The third kappa shape index (κ3) is 5.25. The maximum absolute atomic E-state index is 5.68. The van der Waals surface area contributed by atoms with E-state index in [4.69, 9.17) is 15.0 Å². The van der Waals surface area contributed by atoms with E-state index in [0.29, 0.717) is 17.5 Å². The summed E-state index contributed by atoms with van der Waals surface area (Å²) in [6, 6.07) is 93.4. The second kappa shape index (κ2) is 15.6. The molecule has 1 unspecified atom stereocenters. The van der Waals surface area contributed by atoms with Gasteiger partial charge in [-0.1, -0.05) is 243 Å². The summed E-state index contributed by atoms with van der Waals surface area (Å²) in [6.07, 6.45) is 6.87. The summed E-state index contributed by atoms with van der Waals surface area (Å²) in [5.41, 5.74) is 32.5. The van der Waals surface area contributed by atoms with E-state index in [2.05, 4.69) is 261 Å². The molecule has 0 N–H and O–H groups in total. The molecule has 12 aromatic rings. The molecule has 7 aliphatic carbocycles. The first-order valence-electron chi connectivity index (χ1n) is 28.6. The Morgan fingerprint density at radius 2 is 0.506 bits per heavy atom. The summed E-state index contributed by atoms with van der Waals surface area (Å²) in [4.78, 5) is 17.0. The number of rotatable bonds is 3. The number of fused-ring (bicyclic) bond motifs is 29. The molecular formula is C78H47N3. The minimum atomic E-state index is -0.521. The van der Waals surface area contributed by atoms with Crippen molar-refractivity contribution in [3.63, 3.8) is 0 Å². The lowest BCUT2D eigenvalue weighted by molar-refractivity contribution is 0.780. The summed E-state index contributed by atoms with van der Waals surface area (Å²) in [6.45, 7) is 0. The molecule has 1 heterocycles. The van der Waals surface area contributed by atoms with E-state index in [0.717, 1.165) is 29.5 Å². The molecule has 11 aromatic carbocycles. The Hall–Kier alpha value is -10.1. The van der Waals surface area contributed by atoms with Crippen molar-refractivity contribution < 1.29 is 0 Å². The van der Waals surface area contributed by atoms with Crippen LogP contribution in [0.1, 0.15) is 79.6 Å². The van der Waals surface area contributed by atoms with Crippen molar-refractivity contribution in [1.29, 1.82) is 0 Å². The fourth-order valence-electron chi connectivity index (χ4n) is 16.7. The first kappa shape index (κ1) is 43.8. The smallest absolute Gasteiger partial charge is 0.164 e. The predicted octanol–water partition coefficient (Wildman–Crippen LogP) is 18.0. The molecule has 0 fully saturated rings. The molecule has 0 aliphatic heterocycles. The van der Waals surface area contributed by atoms with E-state index >= 15 is 0 Å². The molecule has 3 nitrogen and oxygen atoms in total. The third-order valence-corrected chi connectivity index (χ3v) is 19.7. The van der Waals surface area contributed by atoms with Crippen LogP contribution in [0.25, 0.3) is 95.4 Å². The standard InChI is InChI=1S/C78H47N3/c1-10-28-61-49(19-1)50-20-2-11-29-62(50)76(61)67-34-16-7-25-55(67)58-40-37-46(43-70(58)76)73-79-74(47-38-41-59-56-26-8-17-35-68(56)77(71(59)44-47)63-30-12-3-21-51(63)52-22-4-13-31-64(52)77)81-75(80-73)48-39-42-60-57-27-9-18-36-69(57)78(72(60)45-48)65-32-14-5-23-53(65)54-24-6-15-33-66(54)78/h1-5,7-23,25-45H,6,24H2. The fraction of sp³-hybridized carbons (Fsp3) is 0.0641. The molecule has 7 aliphatic rings. The second-order valence-corrected chi connectivity index (χ2v) is 23.0. The molecule has 3 spiro atoms. The van der Waals surface area contributed by atoms with E-state index < -0.39 is 16.2 Å². The highest BCUT2D eigenvalue weighted by Crippen LogP contribution is 2.66. The minimum absolute atomic E-state index is 0.474. The van der Waals surface area contributed by atoms with Gasteiger partial charge in [-0.2, -0.15) is 0 Å². The van der Waals surface area contributed by atoms with E-state index in [9.17, 15) is 0 Å². The topological polar surface area (TPSA) is 38.7 Å².